The summed E-state index contributed by atoms with van der Waals surface area (Å²) in [5.41, 5.74) is 5.95. The molecule has 0 radical (unpaired) electrons. The predicted octanol–water partition coefficient (Wildman–Crippen LogP) is 4.13. The second-order valence-corrected chi connectivity index (χ2v) is 6.55. The van der Waals surface area contributed by atoms with Gasteiger partial charge in [-0.15, -0.1) is 10.2 Å². The summed E-state index contributed by atoms with van der Waals surface area (Å²) >= 11 is 0. The quantitative estimate of drug-likeness (QED) is 0.289. The Balaban J connectivity index is 1.64. The number of nitrogens with zero attached hydrogens (tertiary/aromatic N) is 6. The first kappa shape index (κ1) is 18.5. The zero-order valence-electron chi connectivity index (χ0n) is 15.8. The molecule has 2 aromatic carbocycles. The summed E-state index contributed by atoms with van der Waals surface area (Å²) in [6.45, 7) is 2.99. The van der Waals surface area contributed by atoms with Crippen molar-refractivity contribution < 1.29 is 4.92 Å². The third-order valence-electron chi connectivity index (χ3n) is 4.57. The third kappa shape index (κ3) is 3.75. The third-order valence-corrected chi connectivity index (χ3v) is 4.57. The Bertz CT molecular complexity index is 1220. The molecule has 29 heavy (non-hydrogen) atoms. The van der Waals surface area contributed by atoms with Crippen molar-refractivity contribution >= 4 is 39.9 Å². The van der Waals surface area contributed by atoms with E-state index in [0.29, 0.717) is 5.56 Å². The Hall–Kier alpha value is -3.88. The molecule has 0 unspecified atom stereocenters. The van der Waals surface area contributed by atoms with Crippen molar-refractivity contribution in [1.29, 1.82) is 0 Å². The number of non-ortho nitro benzene ring substituents is 1. The van der Waals surface area contributed by atoms with Crippen molar-refractivity contribution in [1.82, 2.24) is 19.7 Å². The number of nitro groups is 1. The Morgan fingerprint density at radius 2 is 2.07 bits per heavy atom. The zero-order valence-corrected chi connectivity index (χ0v) is 15.8. The maximum absolute atomic E-state index is 10.9. The molecule has 0 aliphatic carbocycles. The van der Waals surface area contributed by atoms with Crippen LogP contribution in [-0.4, -0.2) is 30.9 Å². The number of hydrazone groups is 1. The van der Waals surface area contributed by atoms with E-state index in [4.69, 9.17) is 0 Å². The van der Waals surface area contributed by atoms with Gasteiger partial charge in [0.2, 0.25) is 0 Å². The summed E-state index contributed by atoms with van der Waals surface area (Å²) < 4.78 is 2.15. The molecule has 0 spiro atoms. The average molecular weight is 389 g/mol. The zero-order chi connectivity index (χ0) is 20.2. The van der Waals surface area contributed by atoms with Gasteiger partial charge in [-0.25, -0.2) is 5.43 Å². The summed E-state index contributed by atoms with van der Waals surface area (Å²) in [6.07, 6.45) is 3.59. The molecule has 0 aliphatic rings. The molecule has 0 amide bonds. The lowest BCUT2D eigenvalue weighted by atomic mass is 10.2. The molecule has 146 valence electrons. The molecule has 4 aromatic rings. The maximum atomic E-state index is 10.9. The molecule has 0 atom stereocenters. The van der Waals surface area contributed by atoms with Crippen molar-refractivity contribution in [2.75, 3.05) is 5.43 Å². The van der Waals surface area contributed by atoms with Gasteiger partial charge in [0.15, 0.2) is 5.65 Å². The van der Waals surface area contributed by atoms with Gasteiger partial charge < -0.3 is 4.57 Å². The summed E-state index contributed by atoms with van der Waals surface area (Å²) in [5, 5.41) is 24.4. The van der Waals surface area contributed by atoms with Gasteiger partial charge in [0, 0.05) is 29.6 Å². The molecule has 0 aliphatic heterocycles. The van der Waals surface area contributed by atoms with Crippen LogP contribution in [0.1, 0.15) is 25.3 Å². The average Bonchev–Trinajstić information content (AvgIpc) is 3.05. The lowest BCUT2D eigenvalue weighted by Gasteiger charge is -2.05. The van der Waals surface area contributed by atoms with Crippen LogP contribution >= 0.6 is 0 Å². The molecule has 2 aromatic heterocycles. The number of para-hydroxylation sites is 1. The molecule has 0 fully saturated rings. The highest BCUT2D eigenvalue weighted by Gasteiger charge is 2.14. The molecular weight excluding hydrogens is 370 g/mol. The number of nitrogens with one attached hydrogen (secondary N) is 1. The maximum Gasteiger partial charge on any atom is 0.270 e. The fourth-order valence-electron chi connectivity index (χ4n) is 3.18. The van der Waals surface area contributed by atoms with Crippen molar-refractivity contribution in [2.24, 2.45) is 5.10 Å². The van der Waals surface area contributed by atoms with E-state index in [1.165, 1.54) is 18.3 Å². The Kier molecular flexibility index (Phi) is 5.10. The van der Waals surface area contributed by atoms with Gasteiger partial charge >= 0.3 is 0 Å². The first-order chi connectivity index (χ1) is 14.2. The summed E-state index contributed by atoms with van der Waals surface area (Å²) in [6, 6.07) is 14.3. The number of hydrogen-bond donors (Lipinski definition) is 1. The topological polar surface area (TPSA) is 111 Å². The van der Waals surface area contributed by atoms with Crippen LogP contribution < -0.4 is 5.43 Å². The van der Waals surface area contributed by atoms with Crippen LogP contribution in [0.2, 0.25) is 0 Å². The number of hydrogen-bond acceptors (Lipinski definition) is 7. The van der Waals surface area contributed by atoms with E-state index in [2.05, 4.69) is 43.3 Å². The van der Waals surface area contributed by atoms with Gasteiger partial charge in [0.25, 0.3) is 11.6 Å². The van der Waals surface area contributed by atoms with Crippen LogP contribution in [0.4, 0.5) is 11.6 Å². The van der Waals surface area contributed by atoms with Crippen LogP contribution in [0.3, 0.4) is 0 Å². The largest absolute Gasteiger partial charge is 0.324 e. The molecular formula is C20H19N7O2. The summed E-state index contributed by atoms with van der Waals surface area (Å²) in [4.78, 5) is 15.0. The fraction of sp³-hybridized carbons (Fsp3) is 0.200. The molecule has 1 N–H and O–H groups in total. The fourth-order valence-corrected chi connectivity index (χ4v) is 3.18. The van der Waals surface area contributed by atoms with E-state index in [1.807, 2.05) is 18.2 Å². The Morgan fingerprint density at radius 3 is 2.90 bits per heavy atom. The number of rotatable bonds is 7. The van der Waals surface area contributed by atoms with Crippen LogP contribution in [0.15, 0.2) is 53.6 Å². The minimum Gasteiger partial charge on any atom is -0.324 e. The normalized spacial score (nSPS) is 11.5. The standard InChI is InChI=1S/C20H19N7O2/c1-2-3-11-26-17-10-5-4-9-16(17)18-19(26)22-20(25-23-18)24-21-13-14-7-6-8-15(12-14)27(28)29/h4-10,12-13H,2-3,11H2,1H3,(H,22,24,25)/b21-13+. The van der Waals surface area contributed by atoms with Gasteiger partial charge in [-0.1, -0.05) is 43.7 Å². The number of fused-ring (bicyclic) bond motifs is 3. The van der Waals surface area contributed by atoms with Gasteiger partial charge in [-0.05, 0) is 12.5 Å². The van der Waals surface area contributed by atoms with E-state index < -0.39 is 4.92 Å². The highest BCUT2D eigenvalue weighted by atomic mass is 16.6. The van der Waals surface area contributed by atoms with E-state index in [9.17, 15) is 10.1 Å². The van der Waals surface area contributed by atoms with Crippen LogP contribution in [0.5, 0.6) is 0 Å². The lowest BCUT2D eigenvalue weighted by Crippen LogP contribution is -2.03. The molecule has 0 bridgehead atoms. The summed E-state index contributed by atoms with van der Waals surface area (Å²) in [5.74, 6) is 0.264. The second-order valence-electron chi connectivity index (χ2n) is 6.55. The number of nitro benzene ring substituents is 1. The monoisotopic (exact) mass is 389 g/mol. The van der Waals surface area contributed by atoms with E-state index >= 15 is 0 Å². The molecule has 9 heteroatoms. The second kappa shape index (κ2) is 8.01. The Labute approximate surface area is 166 Å². The first-order valence-electron chi connectivity index (χ1n) is 9.32. The van der Waals surface area contributed by atoms with Crippen molar-refractivity contribution in [2.45, 2.75) is 26.3 Å². The number of unbranched alkanes of at least 4 members (excludes halogenated alkanes) is 1. The molecule has 2 heterocycles. The molecule has 9 nitrogen and oxygen atoms in total. The molecule has 4 rings (SSSR count). The lowest BCUT2D eigenvalue weighted by molar-refractivity contribution is -0.384. The highest BCUT2D eigenvalue weighted by Crippen LogP contribution is 2.26. The molecule has 0 saturated carbocycles. The van der Waals surface area contributed by atoms with Gasteiger partial charge in [-0.3, -0.25) is 10.1 Å². The molecule has 0 saturated heterocycles. The number of aromatic nitrogens is 4. The van der Waals surface area contributed by atoms with Crippen LogP contribution in [0.25, 0.3) is 22.1 Å². The minimum absolute atomic E-state index is 0.00808. The van der Waals surface area contributed by atoms with Gasteiger partial charge in [-0.2, -0.15) is 10.1 Å². The smallest absolute Gasteiger partial charge is 0.270 e. The van der Waals surface area contributed by atoms with Crippen molar-refractivity contribution in [3.05, 3.63) is 64.2 Å². The number of benzene rings is 2. The van der Waals surface area contributed by atoms with E-state index in [1.54, 1.807) is 12.1 Å². The number of anilines is 1. The van der Waals surface area contributed by atoms with E-state index in [-0.39, 0.29) is 11.6 Å². The predicted molar refractivity (Wildman–Crippen MR) is 112 cm³/mol. The highest BCUT2D eigenvalue weighted by molar-refractivity contribution is 6.04. The minimum atomic E-state index is -0.444. The van der Waals surface area contributed by atoms with Gasteiger partial charge in [0.05, 0.1) is 16.7 Å². The van der Waals surface area contributed by atoms with Crippen molar-refractivity contribution in [3.63, 3.8) is 0 Å². The summed E-state index contributed by atoms with van der Waals surface area (Å²) in [7, 11) is 0. The first-order valence-corrected chi connectivity index (χ1v) is 9.32. The van der Waals surface area contributed by atoms with Crippen molar-refractivity contribution in [3.8, 4) is 0 Å². The number of aryl methyl sites for hydroxylation is 1. The Morgan fingerprint density at radius 1 is 1.21 bits per heavy atom. The van der Waals surface area contributed by atoms with E-state index in [0.717, 1.165) is 41.5 Å². The van der Waals surface area contributed by atoms with Gasteiger partial charge in [0.1, 0.15) is 5.52 Å². The van der Waals surface area contributed by atoms with Crippen LogP contribution in [-0.2, 0) is 6.54 Å². The van der Waals surface area contributed by atoms with Crippen LogP contribution in [0, 0.1) is 10.1 Å². The SMILES string of the molecule is CCCCn1c2ccccc2c2nnc(N/N=C/c3cccc([N+](=O)[O-])c3)nc21.